The second-order valence-corrected chi connectivity index (χ2v) is 4.63. The third-order valence-electron chi connectivity index (χ3n) is 2.97. The average molecular weight is 313 g/mol. The Hall–Kier alpha value is -1.38. The highest BCUT2D eigenvalue weighted by atomic mass is 16.6. The van der Waals surface area contributed by atoms with E-state index in [1.165, 1.54) is 0 Å². The van der Waals surface area contributed by atoms with Crippen LogP contribution in [0.2, 0.25) is 0 Å². The number of hydrogen-bond acceptors (Lipinski definition) is 7. The maximum Gasteiger partial charge on any atom is 0.161 e. The predicted octanol–water partition coefficient (Wildman–Crippen LogP) is 0.898. The highest BCUT2D eigenvalue weighted by Gasteiger charge is 2.08. The van der Waals surface area contributed by atoms with Gasteiger partial charge in [-0.15, -0.1) is 0 Å². The Labute approximate surface area is 130 Å². The third-order valence-corrected chi connectivity index (χ3v) is 2.97. The van der Waals surface area contributed by atoms with Gasteiger partial charge in [-0.05, 0) is 17.7 Å². The van der Waals surface area contributed by atoms with Crippen molar-refractivity contribution in [2.24, 2.45) is 5.90 Å². The van der Waals surface area contributed by atoms with Crippen molar-refractivity contribution in [2.45, 2.75) is 6.61 Å². The molecule has 1 aromatic rings. The number of benzene rings is 1. The zero-order chi connectivity index (χ0) is 15.5. The number of nitrogens with two attached hydrogens (primary N) is 1. The monoisotopic (exact) mass is 313 g/mol. The van der Waals surface area contributed by atoms with Gasteiger partial charge >= 0.3 is 0 Å². The zero-order valence-electron chi connectivity index (χ0n) is 12.6. The first-order valence-electron chi connectivity index (χ1n) is 7.33. The van der Waals surface area contributed by atoms with Crippen LogP contribution >= 0.6 is 0 Å². The smallest absolute Gasteiger partial charge is 0.161 e. The summed E-state index contributed by atoms with van der Waals surface area (Å²) in [5.74, 6) is 6.41. The van der Waals surface area contributed by atoms with Crippen LogP contribution < -0.4 is 15.4 Å². The van der Waals surface area contributed by atoms with Crippen LogP contribution in [-0.2, 0) is 25.7 Å². The molecule has 7 heteroatoms. The van der Waals surface area contributed by atoms with E-state index in [0.29, 0.717) is 71.0 Å². The second kappa shape index (κ2) is 10.4. The van der Waals surface area contributed by atoms with E-state index in [0.717, 1.165) is 5.56 Å². The molecule has 124 valence electrons. The van der Waals surface area contributed by atoms with Gasteiger partial charge in [0.05, 0.1) is 46.2 Å². The van der Waals surface area contributed by atoms with E-state index in [4.69, 9.17) is 29.6 Å². The Morgan fingerprint density at radius 1 is 0.773 bits per heavy atom. The van der Waals surface area contributed by atoms with Crippen molar-refractivity contribution >= 4 is 0 Å². The van der Waals surface area contributed by atoms with Gasteiger partial charge in [0.1, 0.15) is 13.2 Å². The Balaban J connectivity index is 1.97. The molecule has 1 heterocycles. The van der Waals surface area contributed by atoms with Crippen molar-refractivity contribution in [1.82, 2.24) is 0 Å². The van der Waals surface area contributed by atoms with Crippen molar-refractivity contribution in [2.75, 3.05) is 52.9 Å². The molecule has 0 spiro atoms. The fourth-order valence-corrected chi connectivity index (χ4v) is 1.93. The van der Waals surface area contributed by atoms with E-state index in [1.54, 1.807) is 0 Å². The molecule has 0 bridgehead atoms. The van der Waals surface area contributed by atoms with Gasteiger partial charge in [0.25, 0.3) is 0 Å². The van der Waals surface area contributed by atoms with Gasteiger partial charge in [-0.25, -0.2) is 5.90 Å². The molecule has 0 amide bonds. The highest BCUT2D eigenvalue weighted by molar-refractivity contribution is 5.42. The summed E-state index contributed by atoms with van der Waals surface area (Å²) in [7, 11) is 0. The first-order chi connectivity index (χ1) is 10.9. The first kappa shape index (κ1) is 17.0. The molecule has 7 nitrogen and oxygen atoms in total. The molecule has 0 fully saturated rings. The zero-order valence-corrected chi connectivity index (χ0v) is 12.6. The van der Waals surface area contributed by atoms with Gasteiger partial charge in [0.2, 0.25) is 0 Å². The predicted molar refractivity (Wildman–Crippen MR) is 78.9 cm³/mol. The van der Waals surface area contributed by atoms with Gasteiger partial charge in [0.15, 0.2) is 11.5 Å². The Bertz CT molecular complexity index is 428. The molecule has 0 unspecified atom stereocenters. The standard InChI is InChI=1S/C15H23NO6/c16-22-12-13-1-2-14-15(11-13)21-10-8-19-6-4-17-3-5-18-7-9-20-14/h1-2,11H,3-10,12,16H2. The van der Waals surface area contributed by atoms with E-state index >= 15 is 0 Å². The molecule has 0 aromatic heterocycles. The molecule has 0 radical (unpaired) electrons. The van der Waals surface area contributed by atoms with Gasteiger partial charge in [-0.3, -0.25) is 4.84 Å². The molecule has 0 aliphatic carbocycles. The summed E-state index contributed by atoms with van der Waals surface area (Å²) in [5, 5.41) is 0. The van der Waals surface area contributed by atoms with E-state index < -0.39 is 0 Å². The van der Waals surface area contributed by atoms with Crippen LogP contribution in [-0.4, -0.2) is 52.9 Å². The van der Waals surface area contributed by atoms with Gasteiger partial charge in [-0.1, -0.05) is 6.07 Å². The Morgan fingerprint density at radius 3 is 1.91 bits per heavy atom. The maximum absolute atomic E-state index is 5.72. The second-order valence-electron chi connectivity index (χ2n) is 4.63. The lowest BCUT2D eigenvalue weighted by atomic mass is 10.2. The quantitative estimate of drug-likeness (QED) is 0.812. The molecule has 1 aliphatic rings. The van der Waals surface area contributed by atoms with Crippen molar-refractivity contribution in [3.05, 3.63) is 23.8 Å². The minimum absolute atomic E-state index is 0.313. The summed E-state index contributed by atoms with van der Waals surface area (Å²) in [6.45, 7) is 4.34. The molecule has 22 heavy (non-hydrogen) atoms. The van der Waals surface area contributed by atoms with Crippen LogP contribution in [0.3, 0.4) is 0 Å². The van der Waals surface area contributed by atoms with Crippen LogP contribution in [0.1, 0.15) is 5.56 Å². The lowest BCUT2D eigenvalue weighted by molar-refractivity contribution is 0.00708. The molecule has 0 atom stereocenters. The molecule has 1 aromatic carbocycles. The lowest BCUT2D eigenvalue weighted by Crippen LogP contribution is -2.13. The summed E-state index contributed by atoms with van der Waals surface area (Å²) in [6.07, 6.45) is 0. The third kappa shape index (κ3) is 6.17. The number of ether oxygens (including phenoxy) is 5. The average Bonchev–Trinajstić information content (AvgIpc) is 2.54. The van der Waals surface area contributed by atoms with E-state index in [-0.39, 0.29) is 0 Å². The van der Waals surface area contributed by atoms with Crippen molar-refractivity contribution in [3.63, 3.8) is 0 Å². The van der Waals surface area contributed by atoms with Crippen LogP contribution in [0.4, 0.5) is 0 Å². The highest BCUT2D eigenvalue weighted by Crippen LogP contribution is 2.28. The van der Waals surface area contributed by atoms with Crippen LogP contribution in [0, 0.1) is 0 Å². The Kier molecular flexibility index (Phi) is 8.00. The van der Waals surface area contributed by atoms with Gasteiger partial charge in [0, 0.05) is 0 Å². The van der Waals surface area contributed by atoms with Crippen LogP contribution in [0.15, 0.2) is 18.2 Å². The molecule has 0 saturated heterocycles. The topological polar surface area (TPSA) is 81.4 Å². The molecular formula is C15H23NO6. The number of fused-ring (bicyclic) bond motifs is 1. The van der Waals surface area contributed by atoms with E-state index in [2.05, 4.69) is 4.84 Å². The summed E-state index contributed by atoms with van der Waals surface area (Å²) >= 11 is 0. The lowest BCUT2D eigenvalue weighted by Gasteiger charge is -2.14. The SMILES string of the molecule is NOCc1ccc2c(c1)OCCOCCOCCOCCO2. The molecular weight excluding hydrogens is 290 g/mol. The maximum atomic E-state index is 5.72. The fraction of sp³-hybridized carbons (Fsp3) is 0.600. The van der Waals surface area contributed by atoms with Gasteiger partial charge < -0.3 is 23.7 Å². The first-order valence-corrected chi connectivity index (χ1v) is 7.33. The summed E-state index contributed by atoms with van der Waals surface area (Å²) in [4.78, 5) is 4.65. The van der Waals surface area contributed by atoms with Crippen LogP contribution in [0.25, 0.3) is 0 Å². The number of hydrogen-bond donors (Lipinski definition) is 1. The Morgan fingerprint density at radius 2 is 1.32 bits per heavy atom. The fourth-order valence-electron chi connectivity index (χ4n) is 1.93. The van der Waals surface area contributed by atoms with E-state index in [1.807, 2.05) is 18.2 Å². The van der Waals surface area contributed by atoms with Crippen LogP contribution in [0.5, 0.6) is 11.5 Å². The number of rotatable bonds is 2. The normalized spacial score (nSPS) is 18.2. The molecule has 2 N–H and O–H groups in total. The largest absolute Gasteiger partial charge is 0.487 e. The van der Waals surface area contributed by atoms with Crippen molar-refractivity contribution in [1.29, 1.82) is 0 Å². The summed E-state index contributed by atoms with van der Waals surface area (Å²) in [6, 6.07) is 5.57. The molecule has 2 rings (SSSR count). The van der Waals surface area contributed by atoms with Crippen molar-refractivity contribution < 1.29 is 28.5 Å². The molecule has 0 saturated carbocycles. The van der Waals surface area contributed by atoms with E-state index in [9.17, 15) is 0 Å². The summed E-state index contributed by atoms with van der Waals surface area (Å²) < 4.78 is 27.6. The van der Waals surface area contributed by atoms with Gasteiger partial charge in [-0.2, -0.15) is 0 Å². The van der Waals surface area contributed by atoms with Crippen molar-refractivity contribution in [3.8, 4) is 11.5 Å². The minimum atomic E-state index is 0.313. The molecule has 1 aliphatic heterocycles. The minimum Gasteiger partial charge on any atom is -0.487 e. The summed E-state index contributed by atoms with van der Waals surface area (Å²) in [5.41, 5.74) is 0.910.